The summed E-state index contributed by atoms with van der Waals surface area (Å²) in [5, 5.41) is 5.54. The number of ketones is 1. The third kappa shape index (κ3) is 5.42. The maximum Gasteiger partial charge on any atom is 0.239 e. The normalized spacial score (nSPS) is 10.9. The first-order valence-corrected chi connectivity index (χ1v) is 9.07. The zero-order chi connectivity index (χ0) is 20.7. The second-order valence-corrected chi connectivity index (χ2v) is 7.07. The van der Waals surface area contributed by atoms with Crippen LogP contribution in [-0.2, 0) is 16.0 Å². The van der Waals surface area contributed by atoms with Gasteiger partial charge in [0, 0.05) is 17.8 Å². The van der Waals surface area contributed by atoms with Crippen LogP contribution in [0.3, 0.4) is 0 Å². The van der Waals surface area contributed by atoms with Crippen LogP contribution >= 0.6 is 0 Å². The summed E-state index contributed by atoms with van der Waals surface area (Å²) in [7, 11) is 1.61. The number of nitrogens with one attached hydrogen (secondary N) is 2. The molecule has 0 unspecified atom stereocenters. The Morgan fingerprint density at radius 1 is 0.929 bits per heavy atom. The maximum absolute atomic E-state index is 12.5. The lowest BCUT2D eigenvalue weighted by Gasteiger charge is -2.23. The van der Waals surface area contributed by atoms with Crippen molar-refractivity contribution in [2.75, 3.05) is 19.0 Å². The average molecular weight is 382 g/mol. The van der Waals surface area contributed by atoms with Crippen LogP contribution in [0.15, 0.2) is 48.5 Å². The van der Waals surface area contributed by atoms with Crippen molar-refractivity contribution < 1.29 is 19.1 Å². The number of amides is 2. The summed E-state index contributed by atoms with van der Waals surface area (Å²) >= 11 is 0. The van der Waals surface area contributed by atoms with E-state index in [0.717, 1.165) is 11.3 Å². The molecule has 2 aromatic carbocycles. The van der Waals surface area contributed by atoms with Crippen LogP contribution in [0.2, 0.25) is 0 Å². The Balaban J connectivity index is 1.89. The Morgan fingerprint density at radius 3 is 2.07 bits per heavy atom. The van der Waals surface area contributed by atoms with Crippen LogP contribution in [0.4, 0.5) is 5.69 Å². The van der Waals surface area contributed by atoms with Gasteiger partial charge in [0.2, 0.25) is 11.8 Å². The Morgan fingerprint density at radius 2 is 1.54 bits per heavy atom. The fraction of sp³-hybridized carbons (Fsp3) is 0.318. The topological polar surface area (TPSA) is 84.5 Å². The fourth-order valence-corrected chi connectivity index (χ4v) is 2.51. The van der Waals surface area contributed by atoms with E-state index in [4.69, 9.17) is 4.74 Å². The van der Waals surface area contributed by atoms with Gasteiger partial charge in [-0.3, -0.25) is 14.4 Å². The highest BCUT2D eigenvalue weighted by Crippen LogP contribution is 2.20. The van der Waals surface area contributed by atoms with Crippen LogP contribution in [0.25, 0.3) is 0 Å². The van der Waals surface area contributed by atoms with Crippen molar-refractivity contribution in [1.29, 1.82) is 0 Å². The van der Waals surface area contributed by atoms with Gasteiger partial charge in [0.05, 0.1) is 7.11 Å². The molecule has 0 spiro atoms. The van der Waals surface area contributed by atoms with Crippen LogP contribution in [-0.4, -0.2) is 31.3 Å². The van der Waals surface area contributed by atoms with Gasteiger partial charge >= 0.3 is 0 Å². The van der Waals surface area contributed by atoms with Gasteiger partial charge < -0.3 is 15.4 Å². The van der Waals surface area contributed by atoms with Gasteiger partial charge in [0.25, 0.3) is 0 Å². The zero-order valence-electron chi connectivity index (χ0n) is 16.7. The van der Waals surface area contributed by atoms with E-state index in [2.05, 4.69) is 10.6 Å². The number of anilines is 1. The van der Waals surface area contributed by atoms with Gasteiger partial charge in [-0.05, 0) is 69.2 Å². The summed E-state index contributed by atoms with van der Waals surface area (Å²) in [6.07, 6.45) is 0.653. The molecule has 0 radical (unpaired) electrons. The van der Waals surface area contributed by atoms with E-state index in [9.17, 15) is 14.4 Å². The summed E-state index contributed by atoms with van der Waals surface area (Å²) in [5.41, 5.74) is 0.927. The quantitative estimate of drug-likeness (QED) is 0.542. The summed E-state index contributed by atoms with van der Waals surface area (Å²) in [4.78, 5) is 36.4. The first-order valence-electron chi connectivity index (χ1n) is 9.07. The number of hydrogen-bond donors (Lipinski definition) is 2. The standard InChI is InChI=1S/C22H26N2O4/c1-15(25)17-7-9-18(10-8-17)24-21(27)22(2,3)20(26)23-14-13-16-5-11-19(28-4)12-6-16/h5-12H,13-14H2,1-4H3,(H,23,26)(H,24,27). The van der Waals surface area contributed by atoms with Gasteiger partial charge in [-0.1, -0.05) is 12.1 Å². The van der Waals surface area contributed by atoms with Crippen LogP contribution < -0.4 is 15.4 Å². The predicted octanol–water partition coefficient (Wildman–Crippen LogP) is 3.22. The van der Waals surface area contributed by atoms with E-state index >= 15 is 0 Å². The minimum atomic E-state index is -1.24. The fourth-order valence-electron chi connectivity index (χ4n) is 2.51. The molecule has 0 saturated heterocycles. The van der Waals surface area contributed by atoms with Gasteiger partial charge in [0.1, 0.15) is 11.2 Å². The van der Waals surface area contributed by atoms with Gasteiger partial charge in [-0.15, -0.1) is 0 Å². The molecule has 0 atom stereocenters. The molecule has 0 aliphatic rings. The Kier molecular flexibility index (Phi) is 6.93. The highest BCUT2D eigenvalue weighted by atomic mass is 16.5. The summed E-state index contributed by atoms with van der Waals surface area (Å²) in [6, 6.07) is 14.2. The third-order valence-electron chi connectivity index (χ3n) is 4.54. The minimum absolute atomic E-state index is 0.0468. The van der Waals surface area contributed by atoms with Crippen molar-refractivity contribution in [3.8, 4) is 5.75 Å². The first kappa shape index (κ1) is 21.2. The molecule has 0 aliphatic carbocycles. The summed E-state index contributed by atoms with van der Waals surface area (Å²) in [5.74, 6) is -0.0275. The Labute approximate surface area is 165 Å². The molecule has 6 nitrogen and oxygen atoms in total. The minimum Gasteiger partial charge on any atom is -0.497 e. The average Bonchev–Trinajstić information content (AvgIpc) is 2.68. The van der Waals surface area contributed by atoms with Crippen molar-refractivity contribution in [3.63, 3.8) is 0 Å². The molecular weight excluding hydrogens is 356 g/mol. The number of hydrogen-bond acceptors (Lipinski definition) is 4. The lowest BCUT2D eigenvalue weighted by molar-refractivity contribution is -0.138. The second kappa shape index (κ2) is 9.17. The molecule has 2 amide bonds. The predicted molar refractivity (Wildman–Crippen MR) is 109 cm³/mol. The molecule has 28 heavy (non-hydrogen) atoms. The Bertz CT molecular complexity index is 840. The summed E-state index contributed by atoms with van der Waals surface area (Å²) in [6.45, 7) is 5.06. The van der Waals surface area contributed by atoms with Crippen molar-refractivity contribution >= 4 is 23.3 Å². The molecule has 0 aliphatic heterocycles. The second-order valence-electron chi connectivity index (χ2n) is 7.07. The van der Waals surface area contributed by atoms with Crippen molar-refractivity contribution in [3.05, 3.63) is 59.7 Å². The molecule has 0 bridgehead atoms. The van der Waals surface area contributed by atoms with Crippen molar-refractivity contribution in [2.45, 2.75) is 27.2 Å². The molecule has 6 heteroatoms. The van der Waals surface area contributed by atoms with E-state index in [1.807, 2.05) is 24.3 Å². The maximum atomic E-state index is 12.5. The van der Waals surface area contributed by atoms with E-state index in [-0.39, 0.29) is 11.7 Å². The SMILES string of the molecule is COc1ccc(CCNC(=O)C(C)(C)C(=O)Nc2ccc(C(C)=O)cc2)cc1. The lowest BCUT2D eigenvalue weighted by atomic mass is 9.90. The summed E-state index contributed by atoms with van der Waals surface area (Å²) < 4.78 is 5.12. The smallest absolute Gasteiger partial charge is 0.239 e. The van der Waals surface area contributed by atoms with Crippen molar-refractivity contribution in [2.24, 2.45) is 5.41 Å². The zero-order valence-corrected chi connectivity index (χ0v) is 16.7. The van der Waals surface area contributed by atoms with Crippen molar-refractivity contribution in [1.82, 2.24) is 5.32 Å². The van der Waals surface area contributed by atoms with Crippen LogP contribution in [0.5, 0.6) is 5.75 Å². The lowest BCUT2D eigenvalue weighted by Crippen LogP contribution is -2.45. The number of rotatable bonds is 8. The van der Waals surface area contributed by atoms with Gasteiger partial charge in [-0.2, -0.15) is 0 Å². The van der Waals surface area contributed by atoms with E-state index in [0.29, 0.717) is 24.2 Å². The molecule has 2 N–H and O–H groups in total. The van der Waals surface area contributed by atoms with E-state index in [1.165, 1.54) is 6.92 Å². The number of Topliss-reactive ketones (excluding diaryl/α,β-unsaturated/α-hetero) is 1. The number of methoxy groups -OCH3 is 1. The number of carbonyl (C=O) groups is 3. The van der Waals surface area contributed by atoms with Crippen LogP contribution in [0, 0.1) is 5.41 Å². The number of ether oxygens (including phenoxy) is 1. The number of carbonyl (C=O) groups excluding carboxylic acids is 3. The third-order valence-corrected chi connectivity index (χ3v) is 4.54. The highest BCUT2D eigenvalue weighted by molar-refractivity contribution is 6.10. The molecule has 0 heterocycles. The van der Waals surface area contributed by atoms with Gasteiger partial charge in [0.15, 0.2) is 5.78 Å². The molecule has 2 rings (SSSR count). The van der Waals surface area contributed by atoms with Crippen LogP contribution in [0.1, 0.15) is 36.7 Å². The molecular formula is C22H26N2O4. The molecule has 148 valence electrons. The number of benzene rings is 2. The highest BCUT2D eigenvalue weighted by Gasteiger charge is 2.35. The molecule has 0 saturated carbocycles. The first-order chi connectivity index (χ1) is 13.2. The van der Waals surface area contributed by atoms with Gasteiger partial charge in [-0.25, -0.2) is 0 Å². The molecule has 2 aromatic rings. The molecule has 0 aromatic heterocycles. The monoisotopic (exact) mass is 382 g/mol. The Hall–Kier alpha value is -3.15. The van der Waals surface area contributed by atoms with E-state index < -0.39 is 11.3 Å². The largest absolute Gasteiger partial charge is 0.497 e. The molecule has 0 fully saturated rings. The van der Waals surface area contributed by atoms with E-state index in [1.54, 1.807) is 45.2 Å².